The van der Waals surface area contributed by atoms with Crippen LogP contribution in [0.1, 0.15) is 31.9 Å². The third-order valence-corrected chi connectivity index (χ3v) is 4.67. The van der Waals surface area contributed by atoms with Crippen molar-refractivity contribution in [1.29, 1.82) is 0 Å². The lowest BCUT2D eigenvalue weighted by atomic mass is 10.0. The van der Waals surface area contributed by atoms with E-state index in [4.69, 9.17) is 17.3 Å². The summed E-state index contributed by atoms with van der Waals surface area (Å²) in [5, 5.41) is 0.760. The Morgan fingerprint density at radius 1 is 1.50 bits per heavy atom. The summed E-state index contributed by atoms with van der Waals surface area (Å²) >= 11 is 9.62. The van der Waals surface area contributed by atoms with Crippen molar-refractivity contribution in [2.75, 3.05) is 13.1 Å². The van der Waals surface area contributed by atoms with Crippen LogP contribution in [0.3, 0.4) is 0 Å². The molecular formula is C14H20BrClN2. The van der Waals surface area contributed by atoms with Gasteiger partial charge in [-0.1, -0.05) is 31.5 Å². The molecule has 2 rings (SSSR count). The van der Waals surface area contributed by atoms with Gasteiger partial charge in [-0.05, 0) is 46.0 Å². The molecule has 0 radical (unpaired) electrons. The third-order valence-electron chi connectivity index (χ3n) is 3.43. The number of benzene rings is 1. The summed E-state index contributed by atoms with van der Waals surface area (Å²) in [5.41, 5.74) is 7.50. The molecule has 0 spiro atoms. The Morgan fingerprint density at radius 2 is 2.22 bits per heavy atom. The first kappa shape index (κ1) is 14.3. The molecule has 1 aromatic carbocycles. The summed E-state index contributed by atoms with van der Waals surface area (Å²) in [4.78, 5) is 2.48. The average molecular weight is 332 g/mol. The molecule has 2 nitrogen and oxygen atoms in total. The van der Waals surface area contributed by atoms with E-state index in [0.29, 0.717) is 12.0 Å². The summed E-state index contributed by atoms with van der Waals surface area (Å²) in [6, 6.07) is 6.68. The van der Waals surface area contributed by atoms with E-state index in [-0.39, 0.29) is 6.04 Å². The fourth-order valence-electron chi connectivity index (χ4n) is 2.71. The first-order valence-electron chi connectivity index (χ1n) is 6.43. The van der Waals surface area contributed by atoms with Crippen LogP contribution in [-0.2, 0) is 0 Å². The third kappa shape index (κ3) is 3.08. The smallest absolute Gasteiger partial charge is 0.0551 e. The van der Waals surface area contributed by atoms with Crippen molar-refractivity contribution in [3.05, 3.63) is 33.3 Å². The molecule has 0 aliphatic carbocycles. The molecule has 1 fully saturated rings. The van der Waals surface area contributed by atoms with Crippen molar-refractivity contribution in [2.24, 2.45) is 11.7 Å². The minimum atomic E-state index is 0.209. The van der Waals surface area contributed by atoms with Gasteiger partial charge in [0.15, 0.2) is 0 Å². The van der Waals surface area contributed by atoms with Crippen LogP contribution in [0.5, 0.6) is 0 Å². The Hall–Kier alpha value is -0.0900. The molecule has 100 valence electrons. The first-order valence-corrected chi connectivity index (χ1v) is 7.60. The van der Waals surface area contributed by atoms with Gasteiger partial charge >= 0.3 is 0 Å². The SMILES string of the molecule is CC(C)CN1CCC(N)C1c1ccc(Br)c(Cl)c1. The minimum Gasteiger partial charge on any atom is -0.326 e. The number of likely N-dealkylation sites (tertiary alicyclic amines) is 1. The molecule has 1 heterocycles. The van der Waals surface area contributed by atoms with Crippen LogP contribution >= 0.6 is 27.5 Å². The fraction of sp³-hybridized carbons (Fsp3) is 0.571. The molecule has 0 bridgehead atoms. The second kappa shape index (κ2) is 5.91. The second-order valence-corrected chi connectivity index (χ2v) is 6.72. The van der Waals surface area contributed by atoms with E-state index in [1.165, 1.54) is 5.56 Å². The molecule has 1 aliphatic heterocycles. The molecule has 1 saturated heterocycles. The fourth-order valence-corrected chi connectivity index (χ4v) is 3.15. The maximum Gasteiger partial charge on any atom is 0.0551 e. The maximum absolute atomic E-state index is 6.27. The minimum absolute atomic E-state index is 0.209. The highest BCUT2D eigenvalue weighted by atomic mass is 79.9. The molecule has 1 aromatic rings. The van der Waals surface area contributed by atoms with Crippen LogP contribution in [0.25, 0.3) is 0 Å². The normalized spacial score (nSPS) is 25.0. The Labute approximate surface area is 123 Å². The number of nitrogens with zero attached hydrogens (tertiary/aromatic N) is 1. The Kier molecular flexibility index (Phi) is 4.70. The quantitative estimate of drug-likeness (QED) is 0.912. The highest BCUT2D eigenvalue weighted by Crippen LogP contribution is 2.34. The van der Waals surface area contributed by atoms with Crippen LogP contribution in [0.2, 0.25) is 5.02 Å². The van der Waals surface area contributed by atoms with Gasteiger partial charge in [0.05, 0.1) is 5.02 Å². The molecule has 4 heteroatoms. The predicted octanol–water partition coefficient (Wildman–Crippen LogP) is 3.83. The molecule has 1 aliphatic rings. The second-order valence-electron chi connectivity index (χ2n) is 5.46. The molecule has 2 N–H and O–H groups in total. The highest BCUT2D eigenvalue weighted by Gasteiger charge is 2.33. The summed E-state index contributed by atoms with van der Waals surface area (Å²) in [6.07, 6.45) is 1.06. The van der Waals surface area contributed by atoms with Crippen LogP contribution in [0.15, 0.2) is 22.7 Å². The van der Waals surface area contributed by atoms with Gasteiger partial charge in [0.2, 0.25) is 0 Å². The maximum atomic E-state index is 6.27. The van der Waals surface area contributed by atoms with Gasteiger partial charge < -0.3 is 5.73 Å². The van der Waals surface area contributed by atoms with Crippen molar-refractivity contribution in [3.8, 4) is 0 Å². The van der Waals surface area contributed by atoms with Crippen LogP contribution in [0.4, 0.5) is 0 Å². The Bertz CT molecular complexity index is 422. The van der Waals surface area contributed by atoms with E-state index in [1.54, 1.807) is 0 Å². The van der Waals surface area contributed by atoms with E-state index in [0.717, 1.165) is 29.0 Å². The van der Waals surface area contributed by atoms with Gasteiger partial charge in [-0.3, -0.25) is 4.90 Å². The summed E-state index contributed by atoms with van der Waals surface area (Å²) in [6.45, 7) is 6.66. The average Bonchev–Trinajstić information content (AvgIpc) is 2.63. The molecular weight excluding hydrogens is 312 g/mol. The summed E-state index contributed by atoms with van der Waals surface area (Å²) in [7, 11) is 0. The van der Waals surface area contributed by atoms with Gasteiger partial charge in [0, 0.05) is 29.6 Å². The lowest BCUT2D eigenvalue weighted by Crippen LogP contribution is -2.33. The topological polar surface area (TPSA) is 29.3 Å². The monoisotopic (exact) mass is 330 g/mol. The standard InChI is InChI=1S/C14H20BrClN2/c1-9(2)8-18-6-5-13(17)14(18)10-3-4-11(15)12(16)7-10/h3-4,7,9,13-14H,5-6,8,17H2,1-2H3. The van der Waals surface area contributed by atoms with Gasteiger partial charge in [0.1, 0.15) is 0 Å². The van der Waals surface area contributed by atoms with Gasteiger partial charge in [0.25, 0.3) is 0 Å². The molecule has 2 unspecified atom stereocenters. The van der Waals surface area contributed by atoms with Crippen molar-refractivity contribution in [2.45, 2.75) is 32.4 Å². The largest absolute Gasteiger partial charge is 0.326 e. The number of rotatable bonds is 3. The molecule has 0 amide bonds. The molecule has 0 aromatic heterocycles. The highest BCUT2D eigenvalue weighted by molar-refractivity contribution is 9.10. The van der Waals surface area contributed by atoms with Crippen molar-refractivity contribution in [1.82, 2.24) is 4.90 Å². The van der Waals surface area contributed by atoms with Crippen molar-refractivity contribution in [3.63, 3.8) is 0 Å². The zero-order valence-corrected chi connectivity index (χ0v) is 13.2. The molecule has 0 saturated carbocycles. The van der Waals surface area contributed by atoms with Gasteiger partial charge in [-0.2, -0.15) is 0 Å². The summed E-state index contributed by atoms with van der Waals surface area (Å²) in [5.74, 6) is 0.656. The number of nitrogens with two attached hydrogens (primary N) is 1. The van der Waals surface area contributed by atoms with Crippen LogP contribution in [-0.4, -0.2) is 24.0 Å². The van der Waals surface area contributed by atoms with E-state index >= 15 is 0 Å². The molecule has 2 atom stereocenters. The Morgan fingerprint density at radius 3 is 2.83 bits per heavy atom. The van der Waals surface area contributed by atoms with E-state index < -0.39 is 0 Å². The Balaban J connectivity index is 2.24. The number of hydrogen-bond acceptors (Lipinski definition) is 2. The lowest BCUT2D eigenvalue weighted by Gasteiger charge is -2.28. The number of halogens is 2. The first-order chi connectivity index (χ1) is 8.49. The number of hydrogen-bond donors (Lipinski definition) is 1. The van der Waals surface area contributed by atoms with E-state index in [1.807, 2.05) is 12.1 Å². The summed E-state index contributed by atoms with van der Waals surface area (Å²) < 4.78 is 0.940. The van der Waals surface area contributed by atoms with Gasteiger partial charge in [-0.25, -0.2) is 0 Å². The van der Waals surface area contributed by atoms with E-state index in [9.17, 15) is 0 Å². The van der Waals surface area contributed by atoms with Crippen molar-refractivity contribution >= 4 is 27.5 Å². The van der Waals surface area contributed by atoms with E-state index in [2.05, 4.69) is 40.7 Å². The zero-order chi connectivity index (χ0) is 13.3. The van der Waals surface area contributed by atoms with Crippen molar-refractivity contribution < 1.29 is 0 Å². The van der Waals surface area contributed by atoms with Crippen LogP contribution < -0.4 is 5.73 Å². The van der Waals surface area contributed by atoms with Gasteiger partial charge in [-0.15, -0.1) is 0 Å². The lowest BCUT2D eigenvalue weighted by molar-refractivity contribution is 0.221. The zero-order valence-electron chi connectivity index (χ0n) is 10.9. The van der Waals surface area contributed by atoms with Crippen LogP contribution in [0, 0.1) is 5.92 Å². The molecule has 18 heavy (non-hydrogen) atoms. The predicted molar refractivity (Wildman–Crippen MR) is 80.9 cm³/mol.